The third-order valence-corrected chi connectivity index (χ3v) is 8.31. The van der Waals surface area contributed by atoms with Gasteiger partial charge in [-0.3, -0.25) is 9.78 Å². The molecule has 7 nitrogen and oxygen atoms in total. The summed E-state index contributed by atoms with van der Waals surface area (Å²) in [5, 5.41) is 0. The number of hydrogen-bond acceptors (Lipinski definition) is 6. The highest BCUT2D eigenvalue weighted by atomic mass is 19.4. The van der Waals surface area contributed by atoms with Gasteiger partial charge in [0, 0.05) is 99.5 Å². The molecule has 3 fully saturated rings. The number of carbonyl (C=O) groups excluding carboxylic acids is 1. The van der Waals surface area contributed by atoms with E-state index in [4.69, 9.17) is 0 Å². The highest BCUT2D eigenvalue weighted by Crippen LogP contribution is 2.42. The molecule has 0 spiro atoms. The van der Waals surface area contributed by atoms with E-state index < -0.39 is 6.36 Å². The normalized spacial score (nSPS) is 20.2. The number of piperazine rings is 2. The van der Waals surface area contributed by atoms with Gasteiger partial charge >= 0.3 is 6.36 Å². The van der Waals surface area contributed by atoms with Gasteiger partial charge in [-0.05, 0) is 49.2 Å². The monoisotopic (exact) mass is 541 g/mol. The molecule has 10 heteroatoms. The summed E-state index contributed by atoms with van der Waals surface area (Å²) >= 11 is 0. The minimum absolute atomic E-state index is 0.175. The van der Waals surface area contributed by atoms with Crippen molar-refractivity contribution in [3.05, 3.63) is 47.3 Å². The van der Waals surface area contributed by atoms with Crippen LogP contribution in [0.3, 0.4) is 0 Å². The van der Waals surface area contributed by atoms with Crippen molar-refractivity contribution in [3.63, 3.8) is 0 Å². The lowest BCUT2D eigenvalue weighted by Gasteiger charge is -2.37. The van der Waals surface area contributed by atoms with Crippen LogP contribution in [-0.2, 0) is 11.2 Å². The number of amides is 1. The van der Waals surface area contributed by atoms with Gasteiger partial charge in [0.2, 0.25) is 5.91 Å². The number of likely N-dealkylation sites (N-methyl/N-ethyl adjacent to an activating group) is 1. The number of carbonyl (C=O) groups is 1. The molecule has 0 atom stereocenters. The van der Waals surface area contributed by atoms with E-state index in [1.165, 1.54) is 6.07 Å². The molecule has 2 saturated heterocycles. The van der Waals surface area contributed by atoms with Crippen LogP contribution in [0.25, 0.3) is 11.6 Å². The average molecular weight is 542 g/mol. The van der Waals surface area contributed by atoms with Crippen LogP contribution in [0.15, 0.2) is 30.5 Å². The number of alkyl halides is 3. The van der Waals surface area contributed by atoms with Crippen molar-refractivity contribution in [2.45, 2.75) is 32.5 Å². The maximum atomic E-state index is 13.5. The number of fused-ring (bicyclic) bond motifs is 1. The van der Waals surface area contributed by atoms with E-state index in [1.807, 2.05) is 23.1 Å². The first-order valence-corrected chi connectivity index (χ1v) is 13.9. The lowest BCUT2D eigenvalue weighted by Crippen LogP contribution is -2.49. The minimum atomic E-state index is -4.79. The Morgan fingerprint density at radius 1 is 1.00 bits per heavy atom. The van der Waals surface area contributed by atoms with Gasteiger partial charge in [-0.1, -0.05) is 6.92 Å². The number of pyridine rings is 1. The third-order valence-electron chi connectivity index (χ3n) is 8.31. The van der Waals surface area contributed by atoms with Crippen LogP contribution >= 0.6 is 0 Å². The van der Waals surface area contributed by atoms with E-state index in [-0.39, 0.29) is 17.6 Å². The van der Waals surface area contributed by atoms with Crippen LogP contribution in [0.1, 0.15) is 36.6 Å². The van der Waals surface area contributed by atoms with E-state index in [0.717, 1.165) is 86.9 Å². The van der Waals surface area contributed by atoms with Crippen LogP contribution < -0.4 is 14.5 Å². The van der Waals surface area contributed by atoms with Gasteiger partial charge in [-0.2, -0.15) is 0 Å². The van der Waals surface area contributed by atoms with Gasteiger partial charge in [-0.15, -0.1) is 13.2 Å². The molecule has 6 rings (SSSR count). The smallest absolute Gasteiger partial charge is 0.405 e. The number of aromatic nitrogens is 1. The molecule has 3 heterocycles. The number of rotatable bonds is 6. The Morgan fingerprint density at radius 2 is 1.72 bits per heavy atom. The molecule has 2 aromatic rings. The molecule has 0 N–H and O–H groups in total. The fraction of sp³-hybridized carbons (Fsp3) is 0.517. The van der Waals surface area contributed by atoms with Crippen molar-refractivity contribution >= 4 is 28.9 Å². The Hall–Kier alpha value is -3.27. The first-order chi connectivity index (χ1) is 18.8. The second-order valence-electron chi connectivity index (χ2n) is 10.8. The number of ether oxygens (including phenoxy) is 1. The summed E-state index contributed by atoms with van der Waals surface area (Å²) < 4.78 is 45.0. The molecule has 1 saturated carbocycles. The molecule has 1 amide bonds. The van der Waals surface area contributed by atoms with Crippen LogP contribution in [0.2, 0.25) is 0 Å². The molecule has 2 aliphatic carbocycles. The van der Waals surface area contributed by atoms with Crippen LogP contribution in [0.5, 0.6) is 5.75 Å². The second-order valence-corrected chi connectivity index (χ2v) is 10.8. The molecular formula is C29H34F3N5O2. The summed E-state index contributed by atoms with van der Waals surface area (Å²) in [5.41, 5.74) is 4.73. The first-order valence-electron chi connectivity index (χ1n) is 13.9. The SMILES string of the molecule is CCN1CCN(c2ccc(C3=Cc4c(N5CCN(C(=O)C6CC6)CC5)ccnc4C3)c(OC(F)(F)F)c2)CC1. The van der Waals surface area contributed by atoms with Gasteiger partial charge < -0.3 is 24.3 Å². The molecule has 1 aromatic carbocycles. The predicted octanol–water partition coefficient (Wildman–Crippen LogP) is 4.28. The van der Waals surface area contributed by atoms with Crippen LogP contribution in [0.4, 0.5) is 24.5 Å². The molecule has 0 radical (unpaired) electrons. The summed E-state index contributed by atoms with van der Waals surface area (Å²) in [7, 11) is 0. The molecule has 0 bridgehead atoms. The number of halogens is 3. The highest BCUT2D eigenvalue weighted by Gasteiger charge is 2.36. The maximum absolute atomic E-state index is 13.5. The Balaban J connectivity index is 1.24. The summed E-state index contributed by atoms with van der Waals surface area (Å²) in [5.74, 6) is 0.308. The number of hydrogen-bond donors (Lipinski definition) is 0. The molecule has 1 aromatic heterocycles. The Kier molecular flexibility index (Phi) is 6.91. The fourth-order valence-corrected chi connectivity index (χ4v) is 5.92. The van der Waals surface area contributed by atoms with Gasteiger partial charge in [0.1, 0.15) is 5.75 Å². The molecule has 39 heavy (non-hydrogen) atoms. The number of allylic oxidation sites excluding steroid dienone is 1. The van der Waals surface area contributed by atoms with E-state index >= 15 is 0 Å². The van der Waals surface area contributed by atoms with Crippen molar-refractivity contribution in [2.24, 2.45) is 5.92 Å². The lowest BCUT2D eigenvalue weighted by molar-refractivity contribution is -0.274. The zero-order valence-corrected chi connectivity index (χ0v) is 22.2. The number of anilines is 2. The van der Waals surface area contributed by atoms with Crippen LogP contribution in [0, 0.1) is 5.92 Å². The molecular weight excluding hydrogens is 507 g/mol. The summed E-state index contributed by atoms with van der Waals surface area (Å²) in [6.45, 7) is 9.18. The topological polar surface area (TPSA) is 52.2 Å². The summed E-state index contributed by atoms with van der Waals surface area (Å²) in [6.07, 6.45) is 1.37. The van der Waals surface area contributed by atoms with Crippen molar-refractivity contribution in [1.82, 2.24) is 14.8 Å². The summed E-state index contributed by atoms with van der Waals surface area (Å²) in [4.78, 5) is 25.7. The predicted molar refractivity (Wildman–Crippen MR) is 145 cm³/mol. The minimum Gasteiger partial charge on any atom is -0.405 e. The standard InChI is InChI=1S/C29H34F3N5O2/c1-2-34-9-11-35(12-10-34)22-5-6-23(27(19-22)39-29(30,31)32)21-17-24-25(18-21)33-8-7-26(24)36-13-15-37(16-14-36)28(38)20-3-4-20/h5-8,17,19-20H,2-4,9-16,18H2,1H3. The number of benzene rings is 1. The van der Waals surface area contributed by atoms with Crippen molar-refractivity contribution in [1.29, 1.82) is 0 Å². The third kappa shape index (κ3) is 5.57. The largest absolute Gasteiger partial charge is 0.573 e. The van der Waals surface area contributed by atoms with Gasteiger partial charge in [0.25, 0.3) is 0 Å². The molecule has 208 valence electrons. The maximum Gasteiger partial charge on any atom is 0.573 e. The Morgan fingerprint density at radius 3 is 2.38 bits per heavy atom. The zero-order valence-electron chi connectivity index (χ0n) is 22.2. The highest BCUT2D eigenvalue weighted by molar-refractivity contribution is 5.93. The molecule has 0 unspecified atom stereocenters. The average Bonchev–Trinajstić information content (AvgIpc) is 3.70. The van der Waals surface area contributed by atoms with E-state index in [9.17, 15) is 18.0 Å². The molecule has 4 aliphatic rings. The quantitative estimate of drug-likeness (QED) is 0.545. The number of nitrogens with zero attached hydrogens (tertiary/aromatic N) is 5. The lowest BCUT2D eigenvalue weighted by atomic mass is 10.0. The zero-order chi connectivity index (χ0) is 27.1. The van der Waals surface area contributed by atoms with E-state index in [2.05, 4.69) is 31.3 Å². The fourth-order valence-electron chi connectivity index (χ4n) is 5.92. The van der Waals surface area contributed by atoms with Crippen molar-refractivity contribution < 1.29 is 22.7 Å². The van der Waals surface area contributed by atoms with Gasteiger partial charge in [0.15, 0.2) is 0 Å². The Bertz CT molecular complexity index is 1260. The second kappa shape index (κ2) is 10.4. The summed E-state index contributed by atoms with van der Waals surface area (Å²) in [6, 6.07) is 7.14. The van der Waals surface area contributed by atoms with E-state index in [0.29, 0.717) is 25.1 Å². The van der Waals surface area contributed by atoms with Crippen molar-refractivity contribution in [3.8, 4) is 5.75 Å². The molecule has 2 aliphatic heterocycles. The first kappa shape index (κ1) is 26.0. The van der Waals surface area contributed by atoms with Crippen LogP contribution in [-0.4, -0.2) is 86.0 Å². The Labute approximate surface area is 226 Å². The van der Waals surface area contributed by atoms with E-state index in [1.54, 1.807) is 12.3 Å². The van der Waals surface area contributed by atoms with Gasteiger partial charge in [0.05, 0.1) is 5.69 Å². The van der Waals surface area contributed by atoms with Gasteiger partial charge in [-0.25, -0.2) is 0 Å². The van der Waals surface area contributed by atoms with Crippen molar-refractivity contribution in [2.75, 3.05) is 68.7 Å².